The van der Waals surface area contributed by atoms with Gasteiger partial charge in [-0.1, -0.05) is 6.07 Å². The summed E-state index contributed by atoms with van der Waals surface area (Å²) >= 11 is 0. The molecule has 1 amide bonds. The number of carbonyl (C=O) groups excluding carboxylic acids is 1. The number of hydrogen-bond donors (Lipinski definition) is 3. The minimum Gasteiger partial charge on any atom is -0.378 e. The number of nitrogens with one attached hydrogen (secondary N) is 3. The van der Waals surface area contributed by atoms with Crippen molar-refractivity contribution < 1.29 is 18.3 Å². The van der Waals surface area contributed by atoms with E-state index in [2.05, 4.69) is 35.8 Å². The summed E-state index contributed by atoms with van der Waals surface area (Å²) in [4.78, 5) is 25.4. The molecule has 3 heterocycles. The van der Waals surface area contributed by atoms with Gasteiger partial charge in [0.05, 0.1) is 6.61 Å². The highest BCUT2D eigenvalue weighted by atomic mass is 19.1. The number of benzene rings is 1. The highest BCUT2D eigenvalue weighted by Gasteiger charge is 2.40. The third kappa shape index (κ3) is 4.80. The molecule has 0 saturated carbocycles. The molecule has 3 N–H and O–H groups in total. The lowest BCUT2D eigenvalue weighted by Crippen LogP contribution is -2.37. The number of ether oxygens (including phenoxy) is 1. The third-order valence-electron chi connectivity index (χ3n) is 6.01. The first kappa shape index (κ1) is 22.8. The van der Waals surface area contributed by atoms with E-state index in [4.69, 9.17) is 4.74 Å². The maximum atomic E-state index is 14.0. The van der Waals surface area contributed by atoms with E-state index in [9.17, 15) is 13.6 Å². The van der Waals surface area contributed by atoms with Gasteiger partial charge in [-0.05, 0) is 36.8 Å². The van der Waals surface area contributed by atoms with E-state index >= 15 is 0 Å². The Morgan fingerprint density at radius 1 is 1.26 bits per heavy atom. The molecular formula is C24H23F2N7O2. The summed E-state index contributed by atoms with van der Waals surface area (Å²) in [5, 5.41) is 13.3. The van der Waals surface area contributed by atoms with Crippen LogP contribution in [0, 0.1) is 0 Å². The van der Waals surface area contributed by atoms with Gasteiger partial charge in [0.1, 0.15) is 29.2 Å². The van der Waals surface area contributed by atoms with E-state index < -0.39 is 23.1 Å². The van der Waals surface area contributed by atoms with Crippen LogP contribution in [-0.4, -0.2) is 50.8 Å². The van der Waals surface area contributed by atoms with Crippen LogP contribution >= 0.6 is 0 Å². The molecule has 1 fully saturated rings. The van der Waals surface area contributed by atoms with Gasteiger partial charge < -0.3 is 15.4 Å². The minimum atomic E-state index is -0.683. The van der Waals surface area contributed by atoms with Gasteiger partial charge in [0.2, 0.25) is 0 Å². The third-order valence-corrected chi connectivity index (χ3v) is 6.01. The van der Waals surface area contributed by atoms with Crippen LogP contribution in [0.5, 0.6) is 0 Å². The second-order valence-electron chi connectivity index (χ2n) is 8.35. The molecule has 180 valence electrons. The Morgan fingerprint density at radius 3 is 2.94 bits per heavy atom. The fourth-order valence-corrected chi connectivity index (χ4v) is 4.12. The molecule has 1 aliphatic carbocycles. The largest absolute Gasteiger partial charge is 0.378 e. The Labute approximate surface area is 199 Å². The van der Waals surface area contributed by atoms with Crippen molar-refractivity contribution in [1.82, 2.24) is 30.5 Å². The van der Waals surface area contributed by atoms with Crippen molar-refractivity contribution in [2.24, 2.45) is 0 Å². The van der Waals surface area contributed by atoms with Crippen LogP contribution in [0.3, 0.4) is 0 Å². The molecule has 1 aliphatic heterocycles. The zero-order valence-corrected chi connectivity index (χ0v) is 18.7. The topological polar surface area (TPSA) is 118 Å². The summed E-state index contributed by atoms with van der Waals surface area (Å²) in [7, 11) is 0. The van der Waals surface area contributed by atoms with Crippen molar-refractivity contribution in [1.29, 1.82) is 0 Å². The Kier molecular flexibility index (Phi) is 6.32. The highest BCUT2D eigenvalue weighted by Crippen LogP contribution is 2.33. The molecule has 5 rings (SSSR count). The van der Waals surface area contributed by atoms with E-state index in [0.29, 0.717) is 54.6 Å². The monoisotopic (exact) mass is 479 g/mol. The number of H-pyrrole nitrogens is 1. The molecule has 0 bridgehead atoms. The summed E-state index contributed by atoms with van der Waals surface area (Å²) in [6.07, 6.45) is 5.46. The maximum Gasteiger partial charge on any atom is 0.251 e. The van der Waals surface area contributed by atoms with E-state index in [-0.39, 0.29) is 18.5 Å². The number of rotatable bonds is 7. The molecule has 1 aromatic carbocycles. The SMILES string of the molecule is O=C(NCC1=C(F)CCC=C1F)c1cccc(NC2(c3nc(-c4ccncn4)n[nH]3)CCOC2)c1. The van der Waals surface area contributed by atoms with Crippen LogP contribution in [0.4, 0.5) is 14.5 Å². The van der Waals surface area contributed by atoms with Crippen LogP contribution in [0.25, 0.3) is 11.5 Å². The summed E-state index contributed by atoms with van der Waals surface area (Å²) in [5.74, 6) is -0.567. The zero-order valence-electron chi connectivity index (χ0n) is 18.7. The number of allylic oxidation sites excluding steroid dienone is 2. The molecular weight excluding hydrogens is 456 g/mol. The quantitative estimate of drug-likeness (QED) is 0.474. The van der Waals surface area contributed by atoms with Crippen LogP contribution in [0.15, 0.2) is 66.2 Å². The van der Waals surface area contributed by atoms with Crippen molar-refractivity contribution in [3.63, 3.8) is 0 Å². The number of anilines is 1. The average Bonchev–Trinajstić information content (AvgIpc) is 3.55. The van der Waals surface area contributed by atoms with Gasteiger partial charge in [-0.3, -0.25) is 9.89 Å². The smallest absolute Gasteiger partial charge is 0.251 e. The number of carbonyl (C=O) groups is 1. The van der Waals surface area contributed by atoms with Gasteiger partial charge >= 0.3 is 0 Å². The first-order valence-corrected chi connectivity index (χ1v) is 11.2. The van der Waals surface area contributed by atoms with Crippen molar-refractivity contribution >= 4 is 11.6 Å². The van der Waals surface area contributed by atoms with Crippen LogP contribution in [0.1, 0.15) is 35.4 Å². The average molecular weight is 479 g/mol. The summed E-state index contributed by atoms with van der Waals surface area (Å²) in [6.45, 7) is 0.656. The van der Waals surface area contributed by atoms with Gasteiger partial charge in [-0.15, -0.1) is 0 Å². The fourth-order valence-electron chi connectivity index (χ4n) is 4.12. The first-order chi connectivity index (χ1) is 17.0. The molecule has 0 radical (unpaired) electrons. The van der Waals surface area contributed by atoms with Gasteiger partial charge in [-0.25, -0.2) is 23.7 Å². The Balaban J connectivity index is 1.33. The first-order valence-electron chi connectivity index (χ1n) is 11.2. The summed E-state index contributed by atoms with van der Waals surface area (Å²) in [6, 6.07) is 8.59. The van der Waals surface area contributed by atoms with Crippen molar-refractivity contribution in [2.45, 2.75) is 24.8 Å². The predicted molar refractivity (Wildman–Crippen MR) is 123 cm³/mol. The summed E-state index contributed by atoms with van der Waals surface area (Å²) in [5.41, 5.74) is 0.815. The Hall–Kier alpha value is -3.99. The van der Waals surface area contributed by atoms with Gasteiger partial charge in [-0.2, -0.15) is 5.10 Å². The van der Waals surface area contributed by atoms with E-state index in [1.165, 1.54) is 12.4 Å². The van der Waals surface area contributed by atoms with Crippen LogP contribution in [-0.2, 0) is 10.3 Å². The molecule has 0 spiro atoms. The fraction of sp³-hybridized carbons (Fsp3) is 0.292. The van der Waals surface area contributed by atoms with Crippen molar-refractivity contribution in [3.05, 3.63) is 77.5 Å². The molecule has 2 aromatic heterocycles. The van der Waals surface area contributed by atoms with E-state index in [1.807, 2.05) is 6.07 Å². The number of aromatic nitrogens is 5. The van der Waals surface area contributed by atoms with Gasteiger partial charge in [0.25, 0.3) is 5.91 Å². The van der Waals surface area contributed by atoms with E-state index in [0.717, 1.165) is 0 Å². The normalized spacial score (nSPS) is 20.0. The molecule has 1 atom stereocenters. The van der Waals surface area contributed by atoms with Gasteiger partial charge in [0, 0.05) is 49.0 Å². The minimum absolute atomic E-state index is 0.106. The summed E-state index contributed by atoms with van der Waals surface area (Å²) < 4.78 is 33.6. The molecule has 9 nitrogen and oxygen atoms in total. The second kappa shape index (κ2) is 9.71. The number of nitrogens with zero attached hydrogens (tertiary/aromatic N) is 4. The number of hydrogen-bond acceptors (Lipinski definition) is 7. The number of halogens is 2. The molecule has 11 heteroatoms. The predicted octanol–water partition coefficient (Wildman–Crippen LogP) is 3.59. The molecule has 1 unspecified atom stereocenters. The standard InChI is InChI=1S/C24H23F2N7O2/c25-18-5-2-6-19(26)17(18)12-28-22(34)15-3-1-4-16(11-15)31-24(8-10-35-13-24)23-30-21(32-33-23)20-7-9-27-14-29-20/h1,3-5,7,9,11,14,31H,2,6,8,10,12-13H2,(H,28,34)(H,30,32,33). The van der Waals surface area contributed by atoms with Crippen molar-refractivity contribution in [2.75, 3.05) is 25.1 Å². The van der Waals surface area contributed by atoms with Crippen LogP contribution in [0.2, 0.25) is 0 Å². The molecule has 2 aliphatic rings. The van der Waals surface area contributed by atoms with Gasteiger partial charge in [0.15, 0.2) is 11.6 Å². The number of aromatic amines is 1. The lowest BCUT2D eigenvalue weighted by atomic mass is 9.97. The Morgan fingerprint density at radius 2 is 2.17 bits per heavy atom. The lowest BCUT2D eigenvalue weighted by molar-refractivity contribution is 0.0957. The second-order valence-corrected chi connectivity index (χ2v) is 8.35. The Bertz CT molecular complexity index is 1280. The van der Waals surface area contributed by atoms with Crippen LogP contribution < -0.4 is 10.6 Å². The number of amides is 1. The molecule has 3 aromatic rings. The lowest BCUT2D eigenvalue weighted by Gasteiger charge is -2.27. The maximum absolute atomic E-state index is 14.0. The molecule has 1 saturated heterocycles. The molecule has 35 heavy (non-hydrogen) atoms. The van der Waals surface area contributed by atoms with E-state index in [1.54, 1.807) is 30.5 Å². The van der Waals surface area contributed by atoms with Crippen molar-refractivity contribution in [3.8, 4) is 11.5 Å². The highest BCUT2D eigenvalue weighted by molar-refractivity contribution is 5.95. The zero-order chi connectivity index (χ0) is 24.3.